The first-order valence-corrected chi connectivity index (χ1v) is 8.79. The molecule has 0 amide bonds. The molecule has 0 radical (unpaired) electrons. The largest absolute Gasteiger partial charge is 0.500 e. The third-order valence-corrected chi connectivity index (χ3v) is 5.19. The van der Waals surface area contributed by atoms with E-state index in [1.807, 2.05) is 6.08 Å². The minimum absolute atomic E-state index is 0.100. The molecule has 0 bridgehead atoms. The molecule has 1 fully saturated rings. The highest BCUT2D eigenvalue weighted by molar-refractivity contribution is 6.01. The lowest BCUT2D eigenvalue weighted by Crippen LogP contribution is -2.34. The van der Waals surface area contributed by atoms with Crippen molar-refractivity contribution in [3.63, 3.8) is 0 Å². The van der Waals surface area contributed by atoms with Crippen LogP contribution in [-0.4, -0.2) is 31.7 Å². The third kappa shape index (κ3) is 4.06. The van der Waals surface area contributed by atoms with Crippen LogP contribution in [0.2, 0.25) is 0 Å². The van der Waals surface area contributed by atoms with E-state index in [4.69, 9.17) is 14.2 Å². The predicted octanol–water partition coefficient (Wildman–Crippen LogP) is 4.49. The van der Waals surface area contributed by atoms with E-state index in [9.17, 15) is 4.79 Å². The van der Waals surface area contributed by atoms with Crippen LogP contribution in [0.4, 0.5) is 0 Å². The van der Waals surface area contributed by atoms with Crippen LogP contribution in [0.5, 0.6) is 0 Å². The summed E-state index contributed by atoms with van der Waals surface area (Å²) in [5.74, 6) is 1.13. The molecular formula is C21H30O4. The quantitative estimate of drug-likeness (QED) is 0.456. The summed E-state index contributed by atoms with van der Waals surface area (Å²) in [6, 6.07) is 0. The van der Waals surface area contributed by atoms with Crippen LogP contribution < -0.4 is 0 Å². The van der Waals surface area contributed by atoms with Gasteiger partial charge in [-0.25, -0.2) is 0 Å². The zero-order chi connectivity index (χ0) is 18.7. The maximum atomic E-state index is 12.0. The molecule has 0 unspecified atom stereocenters. The van der Waals surface area contributed by atoms with E-state index in [0.717, 1.165) is 12.8 Å². The Kier molecular flexibility index (Phi) is 5.94. The highest BCUT2D eigenvalue weighted by Crippen LogP contribution is 2.53. The molecule has 25 heavy (non-hydrogen) atoms. The molecule has 1 aliphatic heterocycles. The SMILES string of the molecule is C=CCC1(C[C@@H]2O[C@@]2(C)CCC=C(C)C)C(OC)=CC(=O)C=C1OC. The maximum Gasteiger partial charge on any atom is 0.185 e. The Morgan fingerprint density at radius 2 is 1.88 bits per heavy atom. The normalized spacial score (nSPS) is 27.1. The minimum atomic E-state index is -0.530. The second-order valence-electron chi connectivity index (χ2n) is 7.35. The van der Waals surface area contributed by atoms with Crippen molar-refractivity contribution in [2.45, 2.75) is 58.2 Å². The van der Waals surface area contributed by atoms with Gasteiger partial charge in [-0.05, 0) is 46.5 Å². The summed E-state index contributed by atoms with van der Waals surface area (Å²) in [4.78, 5) is 12.0. The Morgan fingerprint density at radius 3 is 2.36 bits per heavy atom. The van der Waals surface area contributed by atoms with Crippen LogP contribution in [0.15, 0.2) is 48.0 Å². The van der Waals surface area contributed by atoms with E-state index in [1.165, 1.54) is 5.57 Å². The topological polar surface area (TPSA) is 48.1 Å². The molecule has 2 atom stereocenters. The van der Waals surface area contributed by atoms with E-state index in [-0.39, 0.29) is 17.5 Å². The number of rotatable bonds is 9. The summed E-state index contributed by atoms with van der Waals surface area (Å²) in [6.07, 6.45) is 10.6. The van der Waals surface area contributed by atoms with Gasteiger partial charge in [0.05, 0.1) is 31.3 Å². The van der Waals surface area contributed by atoms with Gasteiger partial charge < -0.3 is 14.2 Å². The van der Waals surface area contributed by atoms with E-state index in [1.54, 1.807) is 26.4 Å². The first-order valence-electron chi connectivity index (χ1n) is 8.79. The fourth-order valence-corrected chi connectivity index (χ4v) is 3.67. The Balaban J connectivity index is 2.22. The van der Waals surface area contributed by atoms with Crippen molar-refractivity contribution in [1.29, 1.82) is 0 Å². The molecule has 1 aliphatic carbocycles. The van der Waals surface area contributed by atoms with E-state index in [0.29, 0.717) is 24.4 Å². The lowest BCUT2D eigenvalue weighted by molar-refractivity contribution is -0.111. The summed E-state index contributed by atoms with van der Waals surface area (Å²) in [5.41, 5.74) is 0.654. The van der Waals surface area contributed by atoms with Gasteiger partial charge in [0.2, 0.25) is 0 Å². The lowest BCUT2D eigenvalue weighted by atomic mass is 9.72. The van der Waals surface area contributed by atoms with Gasteiger partial charge in [0, 0.05) is 12.2 Å². The van der Waals surface area contributed by atoms with Crippen LogP contribution in [0.25, 0.3) is 0 Å². The van der Waals surface area contributed by atoms with Crippen LogP contribution in [-0.2, 0) is 19.0 Å². The molecule has 4 nitrogen and oxygen atoms in total. The summed E-state index contributed by atoms with van der Waals surface area (Å²) in [7, 11) is 3.19. The molecule has 2 rings (SSSR count). The molecule has 1 saturated heterocycles. The highest BCUT2D eigenvalue weighted by atomic mass is 16.6. The Hall–Kier alpha value is -1.81. The number of carbonyl (C=O) groups excluding carboxylic acids is 1. The van der Waals surface area contributed by atoms with Crippen molar-refractivity contribution >= 4 is 5.78 Å². The Bertz CT molecular complexity index is 598. The van der Waals surface area contributed by atoms with Gasteiger partial charge in [0.1, 0.15) is 11.5 Å². The average Bonchev–Trinajstić information content (AvgIpc) is 3.18. The van der Waals surface area contributed by atoms with Crippen LogP contribution in [0.1, 0.15) is 46.5 Å². The number of carbonyl (C=O) groups is 1. The molecule has 2 aliphatic rings. The maximum absolute atomic E-state index is 12.0. The first-order chi connectivity index (χ1) is 11.8. The zero-order valence-corrected chi connectivity index (χ0v) is 16.1. The number of ketones is 1. The molecule has 4 heteroatoms. The van der Waals surface area contributed by atoms with Gasteiger partial charge in [-0.15, -0.1) is 6.58 Å². The van der Waals surface area contributed by atoms with Gasteiger partial charge in [-0.3, -0.25) is 4.79 Å². The smallest absolute Gasteiger partial charge is 0.185 e. The van der Waals surface area contributed by atoms with E-state index in [2.05, 4.69) is 33.4 Å². The molecule has 0 saturated carbocycles. The second kappa shape index (κ2) is 7.61. The van der Waals surface area contributed by atoms with Crippen molar-refractivity contribution in [3.05, 3.63) is 48.0 Å². The monoisotopic (exact) mass is 346 g/mol. The fraction of sp³-hybridized carbons (Fsp3) is 0.571. The van der Waals surface area contributed by atoms with Gasteiger partial charge in [0.15, 0.2) is 5.78 Å². The first kappa shape index (κ1) is 19.5. The molecule has 0 aromatic rings. The number of hydrogen-bond donors (Lipinski definition) is 0. The predicted molar refractivity (Wildman–Crippen MR) is 99.0 cm³/mol. The standard InChI is InChI=1S/C21H30O4/c1-7-10-21(17(23-5)12-16(22)13-18(21)24-6)14-19-20(4,25-19)11-8-9-15(2)3/h7,9,12-13,19H,1,8,10-11,14H2,2-6H3/t19-,20-/m0/s1. The number of allylic oxidation sites excluding steroid dienone is 5. The molecule has 0 N–H and O–H groups in total. The second-order valence-corrected chi connectivity index (χ2v) is 7.35. The Labute approximate surface area is 151 Å². The third-order valence-electron chi connectivity index (χ3n) is 5.19. The van der Waals surface area contributed by atoms with Gasteiger partial charge >= 0.3 is 0 Å². The van der Waals surface area contributed by atoms with Crippen LogP contribution in [0, 0.1) is 5.41 Å². The number of methoxy groups -OCH3 is 2. The summed E-state index contributed by atoms with van der Waals surface area (Å²) >= 11 is 0. The van der Waals surface area contributed by atoms with Gasteiger partial charge in [-0.2, -0.15) is 0 Å². The highest BCUT2D eigenvalue weighted by Gasteiger charge is 2.57. The van der Waals surface area contributed by atoms with Crippen molar-refractivity contribution in [1.82, 2.24) is 0 Å². The zero-order valence-electron chi connectivity index (χ0n) is 16.1. The summed E-state index contributed by atoms with van der Waals surface area (Å²) < 4.78 is 17.2. The molecule has 138 valence electrons. The molecule has 0 aromatic carbocycles. The van der Waals surface area contributed by atoms with Crippen LogP contribution in [0.3, 0.4) is 0 Å². The van der Waals surface area contributed by atoms with Crippen LogP contribution >= 0.6 is 0 Å². The molecular weight excluding hydrogens is 316 g/mol. The summed E-state index contributed by atoms with van der Waals surface area (Å²) in [5, 5.41) is 0. The van der Waals surface area contributed by atoms with Gasteiger partial charge in [-0.1, -0.05) is 17.7 Å². The molecule has 1 heterocycles. The number of epoxide rings is 1. The summed E-state index contributed by atoms with van der Waals surface area (Å²) in [6.45, 7) is 10.3. The number of hydrogen-bond acceptors (Lipinski definition) is 4. The molecule has 0 aromatic heterocycles. The minimum Gasteiger partial charge on any atom is -0.500 e. The van der Waals surface area contributed by atoms with E-state index < -0.39 is 5.41 Å². The van der Waals surface area contributed by atoms with Crippen molar-refractivity contribution in [3.8, 4) is 0 Å². The van der Waals surface area contributed by atoms with Gasteiger partial charge in [0.25, 0.3) is 0 Å². The molecule has 0 spiro atoms. The lowest BCUT2D eigenvalue weighted by Gasteiger charge is -2.37. The van der Waals surface area contributed by atoms with E-state index >= 15 is 0 Å². The fourth-order valence-electron chi connectivity index (χ4n) is 3.67. The Morgan fingerprint density at radius 1 is 1.28 bits per heavy atom. The van der Waals surface area contributed by atoms with Crippen molar-refractivity contribution in [2.24, 2.45) is 5.41 Å². The van der Waals surface area contributed by atoms with Crippen molar-refractivity contribution in [2.75, 3.05) is 14.2 Å². The average molecular weight is 346 g/mol. The van der Waals surface area contributed by atoms with Crippen molar-refractivity contribution < 1.29 is 19.0 Å². The number of ether oxygens (including phenoxy) is 3.